The van der Waals surface area contributed by atoms with Gasteiger partial charge in [0, 0.05) is 18.8 Å². The summed E-state index contributed by atoms with van der Waals surface area (Å²) in [5.74, 6) is 0. The number of benzene rings is 1. The molecule has 16 heavy (non-hydrogen) atoms. The fraction of sp³-hybridized carbons (Fsp3) is 0.462. The fourth-order valence-corrected chi connectivity index (χ4v) is 2.60. The van der Waals surface area contributed by atoms with E-state index in [4.69, 9.17) is 10.00 Å². The molecule has 0 aromatic heterocycles. The first-order valence-electron chi connectivity index (χ1n) is 5.76. The monoisotopic (exact) mass is 214 g/mol. The van der Waals surface area contributed by atoms with Crippen molar-refractivity contribution in [2.45, 2.75) is 25.0 Å². The molecule has 3 nitrogen and oxygen atoms in total. The minimum absolute atomic E-state index is 0.393. The zero-order chi connectivity index (χ0) is 11.0. The van der Waals surface area contributed by atoms with Crippen molar-refractivity contribution in [1.82, 2.24) is 0 Å². The van der Waals surface area contributed by atoms with E-state index < -0.39 is 0 Å². The SMILES string of the molecule is N#Cc1cccc(N2CC3CCC(C2)O3)c1. The first-order chi connectivity index (χ1) is 7.85. The average Bonchev–Trinajstić information content (AvgIpc) is 2.68. The van der Waals surface area contributed by atoms with Gasteiger partial charge in [-0.1, -0.05) is 6.07 Å². The maximum absolute atomic E-state index is 8.88. The highest BCUT2D eigenvalue weighted by Gasteiger charge is 2.33. The van der Waals surface area contributed by atoms with Crippen molar-refractivity contribution in [2.24, 2.45) is 0 Å². The van der Waals surface area contributed by atoms with Gasteiger partial charge in [0.15, 0.2) is 0 Å². The number of hydrogen-bond acceptors (Lipinski definition) is 3. The maximum atomic E-state index is 8.88. The van der Waals surface area contributed by atoms with E-state index in [-0.39, 0.29) is 0 Å². The predicted molar refractivity (Wildman–Crippen MR) is 61.3 cm³/mol. The zero-order valence-electron chi connectivity index (χ0n) is 9.10. The Bertz CT molecular complexity index is 426. The summed E-state index contributed by atoms with van der Waals surface area (Å²) in [6.45, 7) is 1.93. The molecule has 2 bridgehead atoms. The van der Waals surface area contributed by atoms with E-state index >= 15 is 0 Å². The van der Waals surface area contributed by atoms with E-state index in [2.05, 4.69) is 17.0 Å². The van der Waals surface area contributed by atoms with Crippen molar-refractivity contribution in [3.8, 4) is 6.07 Å². The lowest BCUT2D eigenvalue weighted by Gasteiger charge is -2.33. The molecule has 82 valence electrons. The lowest BCUT2D eigenvalue weighted by Crippen LogP contribution is -2.42. The van der Waals surface area contributed by atoms with Crippen LogP contribution >= 0.6 is 0 Å². The summed E-state index contributed by atoms with van der Waals surface area (Å²) in [4.78, 5) is 2.34. The number of morpholine rings is 1. The maximum Gasteiger partial charge on any atom is 0.0992 e. The standard InChI is InChI=1S/C13H14N2O/c14-7-10-2-1-3-11(6-10)15-8-12-4-5-13(9-15)16-12/h1-3,6,12-13H,4-5,8-9H2. The topological polar surface area (TPSA) is 36.3 Å². The molecule has 0 spiro atoms. The largest absolute Gasteiger partial charge is 0.371 e. The van der Waals surface area contributed by atoms with Crippen molar-refractivity contribution >= 4 is 5.69 Å². The lowest BCUT2D eigenvalue weighted by molar-refractivity contribution is 0.0305. The van der Waals surface area contributed by atoms with Gasteiger partial charge in [0.1, 0.15) is 0 Å². The van der Waals surface area contributed by atoms with Gasteiger partial charge in [0.2, 0.25) is 0 Å². The van der Waals surface area contributed by atoms with Gasteiger partial charge in [-0.25, -0.2) is 0 Å². The van der Waals surface area contributed by atoms with Crippen molar-refractivity contribution in [2.75, 3.05) is 18.0 Å². The van der Waals surface area contributed by atoms with E-state index in [9.17, 15) is 0 Å². The molecule has 2 heterocycles. The molecule has 0 N–H and O–H groups in total. The van der Waals surface area contributed by atoms with Crippen LogP contribution in [0.5, 0.6) is 0 Å². The molecule has 2 saturated heterocycles. The summed E-state index contributed by atoms with van der Waals surface area (Å²) in [6.07, 6.45) is 3.15. The Morgan fingerprint density at radius 3 is 2.69 bits per heavy atom. The van der Waals surface area contributed by atoms with Gasteiger partial charge in [-0.2, -0.15) is 5.26 Å². The molecule has 1 aromatic rings. The first kappa shape index (κ1) is 9.68. The molecule has 2 fully saturated rings. The number of hydrogen-bond donors (Lipinski definition) is 0. The van der Waals surface area contributed by atoms with Crippen LogP contribution < -0.4 is 4.90 Å². The van der Waals surface area contributed by atoms with Crippen molar-refractivity contribution < 1.29 is 4.74 Å². The van der Waals surface area contributed by atoms with Crippen LogP contribution in [0, 0.1) is 11.3 Å². The second-order valence-corrected chi connectivity index (χ2v) is 4.52. The van der Waals surface area contributed by atoms with Gasteiger partial charge in [-0.15, -0.1) is 0 Å². The number of ether oxygens (including phenoxy) is 1. The lowest BCUT2D eigenvalue weighted by atomic mass is 10.2. The molecule has 3 rings (SSSR count). The Hall–Kier alpha value is -1.53. The molecule has 1 aromatic carbocycles. The molecule has 2 unspecified atom stereocenters. The molecule has 0 saturated carbocycles. The molecule has 0 amide bonds. The molecule has 2 aliphatic heterocycles. The van der Waals surface area contributed by atoms with Crippen LogP contribution in [0.3, 0.4) is 0 Å². The summed E-state index contributed by atoms with van der Waals surface area (Å²) < 4.78 is 5.80. The summed E-state index contributed by atoms with van der Waals surface area (Å²) in [5.41, 5.74) is 1.88. The molecular weight excluding hydrogens is 200 g/mol. The minimum Gasteiger partial charge on any atom is -0.371 e. The Morgan fingerprint density at radius 1 is 1.25 bits per heavy atom. The summed E-state index contributed by atoms with van der Waals surface area (Å²) in [6, 6.07) is 10.0. The van der Waals surface area contributed by atoms with Gasteiger partial charge < -0.3 is 9.64 Å². The first-order valence-corrected chi connectivity index (χ1v) is 5.76. The van der Waals surface area contributed by atoms with E-state index in [0.717, 1.165) is 24.3 Å². The molecule has 2 aliphatic rings. The number of nitriles is 1. The third-order valence-corrected chi connectivity index (χ3v) is 3.38. The Morgan fingerprint density at radius 2 is 2.00 bits per heavy atom. The average molecular weight is 214 g/mol. The number of anilines is 1. The molecule has 2 atom stereocenters. The van der Waals surface area contributed by atoms with E-state index in [1.54, 1.807) is 0 Å². The fourth-order valence-electron chi connectivity index (χ4n) is 2.60. The third kappa shape index (κ3) is 1.66. The summed E-state index contributed by atoms with van der Waals surface area (Å²) >= 11 is 0. The van der Waals surface area contributed by atoms with E-state index in [1.165, 1.54) is 12.8 Å². The second kappa shape index (κ2) is 3.80. The highest BCUT2D eigenvalue weighted by atomic mass is 16.5. The van der Waals surface area contributed by atoms with Crippen LogP contribution in [0.15, 0.2) is 24.3 Å². The van der Waals surface area contributed by atoms with Crippen LogP contribution in [-0.4, -0.2) is 25.3 Å². The molecule has 3 heteroatoms. The van der Waals surface area contributed by atoms with E-state index in [1.807, 2.05) is 18.2 Å². The summed E-state index contributed by atoms with van der Waals surface area (Å²) in [5, 5.41) is 8.88. The Kier molecular flexibility index (Phi) is 2.30. The van der Waals surface area contributed by atoms with Crippen LogP contribution in [0.25, 0.3) is 0 Å². The molecule has 0 radical (unpaired) electrons. The summed E-state index contributed by atoms with van der Waals surface area (Å²) in [7, 11) is 0. The van der Waals surface area contributed by atoms with Crippen molar-refractivity contribution in [3.63, 3.8) is 0 Å². The smallest absolute Gasteiger partial charge is 0.0992 e. The number of rotatable bonds is 1. The van der Waals surface area contributed by atoms with Gasteiger partial charge in [-0.05, 0) is 31.0 Å². The van der Waals surface area contributed by atoms with Crippen molar-refractivity contribution in [3.05, 3.63) is 29.8 Å². The van der Waals surface area contributed by atoms with Crippen LogP contribution in [0.1, 0.15) is 18.4 Å². The van der Waals surface area contributed by atoms with Gasteiger partial charge in [0.05, 0.1) is 23.8 Å². The highest BCUT2D eigenvalue weighted by Crippen LogP contribution is 2.29. The van der Waals surface area contributed by atoms with E-state index in [0.29, 0.717) is 12.2 Å². The van der Waals surface area contributed by atoms with Gasteiger partial charge in [-0.3, -0.25) is 0 Å². The molecular formula is C13H14N2O. The normalized spacial score (nSPS) is 27.8. The van der Waals surface area contributed by atoms with Gasteiger partial charge >= 0.3 is 0 Å². The van der Waals surface area contributed by atoms with Crippen LogP contribution in [0.4, 0.5) is 5.69 Å². The quantitative estimate of drug-likeness (QED) is 0.716. The number of fused-ring (bicyclic) bond motifs is 2. The Labute approximate surface area is 95.2 Å². The highest BCUT2D eigenvalue weighted by molar-refractivity contribution is 5.52. The van der Waals surface area contributed by atoms with Crippen molar-refractivity contribution in [1.29, 1.82) is 5.26 Å². The van der Waals surface area contributed by atoms with Crippen LogP contribution in [-0.2, 0) is 4.74 Å². The number of nitrogens with zero attached hydrogens (tertiary/aromatic N) is 2. The molecule has 0 aliphatic carbocycles. The predicted octanol–water partition coefficient (Wildman–Crippen LogP) is 1.93. The third-order valence-electron chi connectivity index (χ3n) is 3.38. The van der Waals surface area contributed by atoms with Crippen LogP contribution in [0.2, 0.25) is 0 Å². The minimum atomic E-state index is 0.393. The van der Waals surface area contributed by atoms with Gasteiger partial charge in [0.25, 0.3) is 0 Å². The Balaban J connectivity index is 1.84. The second-order valence-electron chi connectivity index (χ2n) is 4.52. The zero-order valence-corrected chi connectivity index (χ0v) is 9.10.